The predicted octanol–water partition coefficient (Wildman–Crippen LogP) is 5.07. The van der Waals surface area contributed by atoms with Crippen LogP contribution in [0.5, 0.6) is 0 Å². The summed E-state index contributed by atoms with van der Waals surface area (Å²) in [5.74, 6) is 0.00670. The molecule has 3 aromatic carbocycles. The number of hydrogen-bond acceptors (Lipinski definition) is 4. The Morgan fingerprint density at radius 2 is 1.79 bits per heavy atom. The maximum atomic E-state index is 13.5. The number of amides is 2. The molecule has 1 heterocycles. The SMILES string of the molecule is Cc1cc(N2CCCCC2=O)c(C)cc1NC(=O)[C@@H](Nc1cccc(CN)c1)c1ccccc1. The summed E-state index contributed by atoms with van der Waals surface area (Å²) in [6.45, 7) is 5.12. The average molecular weight is 457 g/mol. The van der Waals surface area contributed by atoms with E-state index in [-0.39, 0.29) is 11.8 Å². The summed E-state index contributed by atoms with van der Waals surface area (Å²) in [6, 6.07) is 20.8. The minimum atomic E-state index is -0.586. The Bertz CT molecular complexity index is 1180. The van der Waals surface area contributed by atoms with Crippen LogP contribution in [-0.4, -0.2) is 18.4 Å². The molecule has 1 saturated heterocycles. The average Bonchev–Trinajstić information content (AvgIpc) is 2.85. The molecule has 2 amide bonds. The second kappa shape index (κ2) is 10.5. The van der Waals surface area contributed by atoms with Crippen LogP contribution in [0.25, 0.3) is 0 Å². The van der Waals surface area contributed by atoms with Gasteiger partial charge in [0.25, 0.3) is 5.91 Å². The molecule has 6 heteroatoms. The van der Waals surface area contributed by atoms with Crippen molar-refractivity contribution in [2.75, 3.05) is 22.1 Å². The minimum Gasteiger partial charge on any atom is -0.370 e. The molecule has 0 spiro atoms. The van der Waals surface area contributed by atoms with Crippen LogP contribution in [0, 0.1) is 13.8 Å². The van der Waals surface area contributed by atoms with E-state index in [0.717, 1.165) is 58.7 Å². The van der Waals surface area contributed by atoms with E-state index in [0.29, 0.717) is 13.0 Å². The van der Waals surface area contributed by atoms with Crippen molar-refractivity contribution in [3.05, 3.63) is 89.0 Å². The van der Waals surface area contributed by atoms with Gasteiger partial charge in [-0.1, -0.05) is 42.5 Å². The van der Waals surface area contributed by atoms with Crippen LogP contribution in [0.1, 0.15) is 47.6 Å². The van der Waals surface area contributed by atoms with Gasteiger partial charge in [-0.2, -0.15) is 0 Å². The van der Waals surface area contributed by atoms with Crippen molar-refractivity contribution in [1.29, 1.82) is 0 Å². The normalized spacial score (nSPS) is 14.6. The number of carbonyl (C=O) groups excluding carboxylic acids is 2. The summed E-state index contributed by atoms with van der Waals surface area (Å²) in [5, 5.41) is 6.48. The summed E-state index contributed by atoms with van der Waals surface area (Å²) in [6.07, 6.45) is 2.55. The number of anilines is 3. The van der Waals surface area contributed by atoms with Gasteiger partial charge in [0.05, 0.1) is 0 Å². The number of rotatable bonds is 7. The van der Waals surface area contributed by atoms with Gasteiger partial charge in [-0.15, -0.1) is 0 Å². The molecule has 0 aliphatic carbocycles. The van der Waals surface area contributed by atoms with E-state index in [1.165, 1.54) is 0 Å². The van der Waals surface area contributed by atoms with Crippen molar-refractivity contribution in [2.45, 2.75) is 45.7 Å². The summed E-state index contributed by atoms with van der Waals surface area (Å²) in [4.78, 5) is 27.8. The molecular formula is C28H32N4O2. The van der Waals surface area contributed by atoms with E-state index >= 15 is 0 Å². The third kappa shape index (κ3) is 5.29. The van der Waals surface area contributed by atoms with Crippen LogP contribution in [0.4, 0.5) is 17.1 Å². The minimum absolute atomic E-state index is 0.159. The summed E-state index contributed by atoms with van der Waals surface area (Å²) in [5.41, 5.74) is 12.0. The van der Waals surface area contributed by atoms with Gasteiger partial charge in [-0.05, 0) is 73.2 Å². The van der Waals surface area contributed by atoms with Gasteiger partial charge < -0.3 is 21.3 Å². The van der Waals surface area contributed by atoms with E-state index < -0.39 is 6.04 Å². The summed E-state index contributed by atoms with van der Waals surface area (Å²) < 4.78 is 0. The highest BCUT2D eigenvalue weighted by Crippen LogP contribution is 2.31. The largest absolute Gasteiger partial charge is 0.370 e. The molecule has 4 N–H and O–H groups in total. The van der Waals surface area contributed by atoms with Crippen LogP contribution in [0.15, 0.2) is 66.7 Å². The van der Waals surface area contributed by atoms with Gasteiger partial charge in [0, 0.05) is 36.6 Å². The van der Waals surface area contributed by atoms with Crippen LogP contribution in [0.3, 0.4) is 0 Å². The summed E-state index contributed by atoms with van der Waals surface area (Å²) >= 11 is 0. The van der Waals surface area contributed by atoms with Gasteiger partial charge in [-0.25, -0.2) is 0 Å². The van der Waals surface area contributed by atoms with E-state index in [4.69, 9.17) is 5.73 Å². The smallest absolute Gasteiger partial charge is 0.251 e. The van der Waals surface area contributed by atoms with Gasteiger partial charge >= 0.3 is 0 Å². The van der Waals surface area contributed by atoms with Crippen LogP contribution < -0.4 is 21.3 Å². The highest BCUT2D eigenvalue weighted by Gasteiger charge is 2.24. The Kier molecular flexibility index (Phi) is 7.28. The van der Waals surface area contributed by atoms with Crippen molar-refractivity contribution in [3.8, 4) is 0 Å². The topological polar surface area (TPSA) is 87.5 Å². The first-order valence-electron chi connectivity index (χ1n) is 11.8. The number of carbonyl (C=O) groups is 2. The lowest BCUT2D eigenvalue weighted by molar-refractivity contribution is -0.119. The molecule has 1 aliphatic rings. The van der Waals surface area contributed by atoms with Crippen molar-refractivity contribution >= 4 is 28.9 Å². The van der Waals surface area contributed by atoms with Gasteiger partial charge in [0.15, 0.2) is 0 Å². The molecule has 1 fully saturated rings. The third-order valence-corrected chi connectivity index (χ3v) is 6.28. The first-order valence-corrected chi connectivity index (χ1v) is 11.8. The van der Waals surface area contributed by atoms with Crippen LogP contribution in [-0.2, 0) is 16.1 Å². The Hall–Kier alpha value is -3.64. The Morgan fingerprint density at radius 3 is 2.53 bits per heavy atom. The molecule has 0 radical (unpaired) electrons. The zero-order valence-electron chi connectivity index (χ0n) is 19.8. The molecule has 6 nitrogen and oxygen atoms in total. The van der Waals surface area contributed by atoms with Crippen molar-refractivity contribution in [1.82, 2.24) is 0 Å². The number of benzene rings is 3. The molecule has 0 unspecified atom stereocenters. The fourth-order valence-corrected chi connectivity index (χ4v) is 4.39. The second-order valence-corrected chi connectivity index (χ2v) is 8.84. The van der Waals surface area contributed by atoms with Gasteiger partial charge in [-0.3, -0.25) is 9.59 Å². The number of nitrogens with one attached hydrogen (secondary N) is 2. The monoisotopic (exact) mass is 456 g/mol. The molecular weight excluding hydrogens is 424 g/mol. The molecule has 0 aromatic heterocycles. The molecule has 1 atom stereocenters. The number of aryl methyl sites for hydroxylation is 2. The van der Waals surface area contributed by atoms with E-state index in [1.807, 2.05) is 85.5 Å². The molecule has 0 saturated carbocycles. The van der Waals surface area contributed by atoms with E-state index in [9.17, 15) is 9.59 Å². The highest BCUT2D eigenvalue weighted by molar-refractivity contribution is 5.99. The van der Waals surface area contributed by atoms with Crippen LogP contribution >= 0.6 is 0 Å². The van der Waals surface area contributed by atoms with Gasteiger partial charge in [0.1, 0.15) is 6.04 Å². The fraction of sp³-hybridized carbons (Fsp3) is 0.286. The molecule has 176 valence electrons. The standard InChI is InChI=1S/C28H32N4O2/c1-19-16-25(32-14-7-6-13-26(32)33)20(2)15-24(19)31-28(34)27(22-10-4-3-5-11-22)30-23-12-8-9-21(17-23)18-29/h3-5,8-12,15-17,27,30H,6-7,13-14,18,29H2,1-2H3,(H,31,34)/t27-/m0/s1. The zero-order valence-corrected chi connectivity index (χ0v) is 19.8. The lowest BCUT2D eigenvalue weighted by Crippen LogP contribution is -2.35. The van der Waals surface area contributed by atoms with E-state index in [1.54, 1.807) is 0 Å². The number of nitrogens with two attached hydrogens (primary N) is 1. The predicted molar refractivity (Wildman–Crippen MR) is 138 cm³/mol. The maximum Gasteiger partial charge on any atom is 0.251 e. The molecule has 34 heavy (non-hydrogen) atoms. The van der Waals surface area contributed by atoms with E-state index in [2.05, 4.69) is 10.6 Å². The van der Waals surface area contributed by atoms with Crippen LogP contribution in [0.2, 0.25) is 0 Å². The molecule has 1 aliphatic heterocycles. The van der Waals surface area contributed by atoms with Crippen molar-refractivity contribution in [3.63, 3.8) is 0 Å². The number of piperidine rings is 1. The third-order valence-electron chi connectivity index (χ3n) is 6.28. The Labute approximate surface area is 201 Å². The number of hydrogen-bond donors (Lipinski definition) is 3. The van der Waals surface area contributed by atoms with Crippen molar-refractivity contribution in [2.24, 2.45) is 5.73 Å². The fourth-order valence-electron chi connectivity index (χ4n) is 4.39. The quantitative estimate of drug-likeness (QED) is 0.463. The van der Waals surface area contributed by atoms with Gasteiger partial charge in [0.2, 0.25) is 5.91 Å². The molecule has 3 aromatic rings. The maximum absolute atomic E-state index is 13.5. The number of nitrogens with zero attached hydrogens (tertiary/aromatic N) is 1. The Balaban J connectivity index is 1.59. The highest BCUT2D eigenvalue weighted by atomic mass is 16.2. The molecule has 0 bridgehead atoms. The van der Waals surface area contributed by atoms with Crippen molar-refractivity contribution < 1.29 is 9.59 Å². The lowest BCUT2D eigenvalue weighted by atomic mass is 10.0. The first kappa shape index (κ1) is 23.5. The molecule has 4 rings (SSSR count). The first-order chi connectivity index (χ1) is 16.5. The second-order valence-electron chi connectivity index (χ2n) is 8.84. The Morgan fingerprint density at radius 1 is 1.00 bits per heavy atom. The lowest BCUT2D eigenvalue weighted by Gasteiger charge is -2.29. The summed E-state index contributed by atoms with van der Waals surface area (Å²) in [7, 11) is 0. The zero-order chi connectivity index (χ0) is 24.1.